The van der Waals surface area contributed by atoms with Crippen LogP contribution in [-0.4, -0.2) is 28.6 Å². The number of hydrogen-bond acceptors (Lipinski definition) is 6. The molecule has 30 heavy (non-hydrogen) atoms. The number of benzene rings is 2. The number of fused-ring (bicyclic) bond motifs is 1. The van der Waals surface area contributed by atoms with E-state index in [0.29, 0.717) is 0 Å². The molecule has 0 aliphatic carbocycles. The molecule has 0 saturated heterocycles. The van der Waals surface area contributed by atoms with Gasteiger partial charge in [0.2, 0.25) is 0 Å². The zero-order valence-electron chi connectivity index (χ0n) is 17.1. The lowest BCUT2D eigenvalue weighted by atomic mass is 9.93. The Morgan fingerprint density at radius 1 is 1.10 bits per heavy atom. The second kappa shape index (κ2) is 8.73. The van der Waals surface area contributed by atoms with Crippen molar-refractivity contribution in [2.45, 2.75) is 19.4 Å². The van der Waals surface area contributed by atoms with Crippen LogP contribution >= 0.6 is 11.6 Å². The van der Waals surface area contributed by atoms with Gasteiger partial charge in [-0.2, -0.15) is 0 Å². The number of nitrogens with one attached hydrogen (secondary N) is 2. The molecule has 1 unspecified atom stereocenters. The normalized spacial score (nSPS) is 17.8. The first-order valence-corrected chi connectivity index (χ1v) is 10.3. The lowest BCUT2D eigenvalue weighted by Gasteiger charge is -2.26. The average Bonchev–Trinajstić information content (AvgIpc) is 2.92. The molecule has 1 aromatic heterocycles. The van der Waals surface area contributed by atoms with Crippen LogP contribution in [0.4, 0.5) is 5.69 Å². The van der Waals surface area contributed by atoms with Gasteiger partial charge in [0.15, 0.2) is 0 Å². The summed E-state index contributed by atoms with van der Waals surface area (Å²) < 4.78 is 0. The first-order valence-electron chi connectivity index (χ1n) is 9.90. The smallest absolute Gasteiger partial charge is 0.115 e. The summed E-state index contributed by atoms with van der Waals surface area (Å²) in [5, 5.41) is 6.51. The number of anilines is 1. The molecule has 2 aromatic carbocycles. The first-order chi connectivity index (χ1) is 14.6. The van der Waals surface area contributed by atoms with Gasteiger partial charge in [-0.1, -0.05) is 23.7 Å². The molecule has 0 spiro atoms. The van der Waals surface area contributed by atoms with E-state index >= 15 is 0 Å². The molecule has 4 N–H and O–H groups in total. The zero-order chi connectivity index (χ0) is 21.1. The lowest BCUT2D eigenvalue weighted by molar-refractivity contribution is 0.311. The van der Waals surface area contributed by atoms with Crippen LogP contribution in [0.3, 0.4) is 0 Å². The van der Waals surface area contributed by atoms with Gasteiger partial charge in [0, 0.05) is 53.5 Å². The highest BCUT2D eigenvalue weighted by atomic mass is 35.5. The molecule has 6 nitrogen and oxygen atoms in total. The predicted molar refractivity (Wildman–Crippen MR) is 122 cm³/mol. The molecule has 1 atom stereocenters. The van der Waals surface area contributed by atoms with Gasteiger partial charge in [-0.05, 0) is 54.8 Å². The van der Waals surface area contributed by atoms with Crippen molar-refractivity contribution in [1.29, 1.82) is 0 Å². The maximum Gasteiger partial charge on any atom is 0.115 e. The number of allylic oxidation sites excluding steroid dienone is 1. The fourth-order valence-electron chi connectivity index (χ4n) is 3.91. The van der Waals surface area contributed by atoms with E-state index in [2.05, 4.69) is 43.9 Å². The Bertz CT molecular complexity index is 1050. The molecule has 0 amide bonds. The zero-order valence-corrected chi connectivity index (χ0v) is 17.8. The molecule has 1 aliphatic rings. The molecule has 1 aliphatic heterocycles. The van der Waals surface area contributed by atoms with Gasteiger partial charge in [0.05, 0.1) is 11.7 Å². The number of hydrogen-bond donors (Lipinski definition) is 3. The van der Waals surface area contributed by atoms with Gasteiger partial charge in [-0.15, -0.1) is 0 Å². The second-order valence-electron chi connectivity index (χ2n) is 7.33. The first kappa shape index (κ1) is 20.2. The average molecular weight is 421 g/mol. The second-order valence-corrected chi connectivity index (χ2v) is 7.76. The molecule has 0 saturated carbocycles. The van der Waals surface area contributed by atoms with E-state index in [1.165, 1.54) is 5.56 Å². The van der Waals surface area contributed by atoms with Gasteiger partial charge in [0.25, 0.3) is 0 Å². The van der Waals surface area contributed by atoms with Gasteiger partial charge in [-0.3, -0.25) is 0 Å². The SMILES string of the molecule is CNN1CCC(Nc2ccc(Cl)cc2)c2cc(-c3cncnc3)ccc2/C1=C(\C)N. The summed E-state index contributed by atoms with van der Waals surface area (Å²) in [5.74, 6) is 0. The molecule has 7 heteroatoms. The minimum Gasteiger partial charge on any atom is -0.401 e. The van der Waals surface area contributed by atoms with E-state index in [1.54, 1.807) is 6.33 Å². The highest BCUT2D eigenvalue weighted by Crippen LogP contribution is 2.37. The van der Waals surface area contributed by atoms with Gasteiger partial charge >= 0.3 is 0 Å². The Morgan fingerprint density at radius 3 is 2.50 bits per heavy atom. The third-order valence-electron chi connectivity index (χ3n) is 5.32. The molecule has 0 bridgehead atoms. The maximum atomic E-state index is 6.32. The van der Waals surface area contributed by atoms with E-state index in [0.717, 1.165) is 51.8 Å². The fraction of sp³-hybridized carbons (Fsp3) is 0.217. The molecule has 2 heterocycles. The van der Waals surface area contributed by atoms with Crippen LogP contribution in [-0.2, 0) is 0 Å². The molecule has 0 radical (unpaired) electrons. The van der Waals surface area contributed by atoms with Crippen LogP contribution in [0.1, 0.15) is 30.5 Å². The Kier molecular flexibility index (Phi) is 5.88. The van der Waals surface area contributed by atoms with Crippen LogP contribution in [0.25, 0.3) is 16.8 Å². The molecular formula is C23H25ClN6. The van der Waals surface area contributed by atoms with Gasteiger partial charge < -0.3 is 16.1 Å². The number of halogens is 1. The third kappa shape index (κ3) is 4.10. The molecule has 4 rings (SSSR count). The Labute approximate surface area is 181 Å². The highest BCUT2D eigenvalue weighted by Gasteiger charge is 2.27. The Morgan fingerprint density at radius 2 is 1.83 bits per heavy atom. The van der Waals surface area contributed by atoms with Gasteiger partial charge in [-0.25, -0.2) is 15.4 Å². The third-order valence-corrected chi connectivity index (χ3v) is 5.57. The van der Waals surface area contributed by atoms with Crippen LogP contribution in [0, 0.1) is 0 Å². The number of rotatable bonds is 4. The van der Waals surface area contributed by atoms with Crippen molar-refractivity contribution in [3.63, 3.8) is 0 Å². The minimum absolute atomic E-state index is 0.0958. The summed E-state index contributed by atoms with van der Waals surface area (Å²) in [4.78, 5) is 8.34. The molecule has 3 aromatic rings. The number of aromatic nitrogens is 2. The van der Waals surface area contributed by atoms with Crippen LogP contribution in [0.15, 0.2) is 66.9 Å². The summed E-state index contributed by atoms with van der Waals surface area (Å²) >= 11 is 6.07. The van der Waals surface area contributed by atoms with Crippen LogP contribution in [0.5, 0.6) is 0 Å². The molecule has 0 fully saturated rings. The van der Waals surface area contributed by atoms with E-state index in [-0.39, 0.29) is 6.04 Å². The van der Waals surface area contributed by atoms with Crippen molar-refractivity contribution in [3.8, 4) is 11.1 Å². The quantitative estimate of drug-likeness (QED) is 0.579. The number of nitrogens with zero attached hydrogens (tertiary/aromatic N) is 3. The van der Waals surface area contributed by atoms with Crippen LogP contribution in [0.2, 0.25) is 5.02 Å². The highest BCUT2D eigenvalue weighted by molar-refractivity contribution is 6.30. The summed E-state index contributed by atoms with van der Waals surface area (Å²) in [6.45, 7) is 2.75. The monoisotopic (exact) mass is 420 g/mol. The van der Waals surface area contributed by atoms with Gasteiger partial charge in [0.1, 0.15) is 6.33 Å². The Balaban J connectivity index is 1.83. The summed E-state index contributed by atoms with van der Waals surface area (Å²) in [5.41, 5.74) is 16.8. The number of hydrazine groups is 1. The predicted octanol–water partition coefficient (Wildman–Crippen LogP) is 4.44. The summed E-state index contributed by atoms with van der Waals surface area (Å²) in [6.07, 6.45) is 6.10. The van der Waals surface area contributed by atoms with Crippen molar-refractivity contribution in [2.24, 2.45) is 5.73 Å². The van der Waals surface area contributed by atoms with E-state index < -0.39 is 0 Å². The van der Waals surface area contributed by atoms with Crippen molar-refractivity contribution >= 4 is 23.0 Å². The summed E-state index contributed by atoms with van der Waals surface area (Å²) in [6, 6.07) is 14.3. The van der Waals surface area contributed by atoms with Crippen LogP contribution < -0.4 is 16.5 Å². The standard InChI is InChI=1S/C23H25ClN6/c1-15(25)23-20-8-3-16(17-12-27-14-28-13-17)11-21(20)22(9-10-30(23)26-2)29-19-6-4-18(24)5-7-19/h3-8,11-14,22,26,29H,9-10,25H2,1-2H3/b23-15-. The summed E-state index contributed by atoms with van der Waals surface area (Å²) in [7, 11) is 1.92. The largest absolute Gasteiger partial charge is 0.401 e. The van der Waals surface area contributed by atoms with Crippen molar-refractivity contribution in [1.82, 2.24) is 20.4 Å². The lowest BCUT2D eigenvalue weighted by Crippen LogP contribution is -2.35. The number of nitrogens with two attached hydrogens (primary N) is 1. The topological polar surface area (TPSA) is 79.1 Å². The molecule has 154 valence electrons. The van der Waals surface area contributed by atoms with E-state index in [1.807, 2.05) is 50.6 Å². The van der Waals surface area contributed by atoms with E-state index in [9.17, 15) is 0 Å². The van der Waals surface area contributed by atoms with Crippen molar-refractivity contribution < 1.29 is 0 Å². The Hall–Kier alpha value is -3.09. The van der Waals surface area contributed by atoms with Crippen molar-refractivity contribution in [2.75, 3.05) is 18.9 Å². The van der Waals surface area contributed by atoms with E-state index in [4.69, 9.17) is 17.3 Å². The maximum absolute atomic E-state index is 6.32. The minimum atomic E-state index is 0.0958. The fourth-order valence-corrected chi connectivity index (χ4v) is 4.04. The van der Waals surface area contributed by atoms with Crippen molar-refractivity contribution in [3.05, 3.63) is 83.0 Å². The molecular weight excluding hydrogens is 396 g/mol.